The molecular weight excluding hydrogens is 266 g/mol. The zero-order chi connectivity index (χ0) is 14.8. The van der Waals surface area contributed by atoms with Crippen LogP contribution in [0.15, 0.2) is 36.5 Å². The van der Waals surface area contributed by atoms with Crippen LogP contribution in [0.1, 0.15) is 10.5 Å². The molecule has 1 atom stereocenters. The maximum Gasteiger partial charge on any atom is 0.201 e. The highest BCUT2D eigenvalue weighted by Gasteiger charge is 2.31. The Hall–Kier alpha value is -2.05. The molecule has 0 amide bonds. The van der Waals surface area contributed by atoms with E-state index in [4.69, 9.17) is 0 Å². The summed E-state index contributed by atoms with van der Waals surface area (Å²) in [4.78, 5) is 17.1. The number of Topliss-reactive ketones (excluding diaryl/α,β-unsaturated/α-hetero) is 1. The first-order valence-corrected chi connectivity index (χ1v) is 7.06. The van der Waals surface area contributed by atoms with Crippen LogP contribution in [0.3, 0.4) is 0 Å². The predicted octanol–water partition coefficient (Wildman–Crippen LogP) is 0.696. The van der Waals surface area contributed by atoms with E-state index in [0.717, 1.165) is 25.3 Å². The molecule has 1 fully saturated rings. The Kier molecular flexibility index (Phi) is 3.81. The van der Waals surface area contributed by atoms with E-state index in [9.17, 15) is 4.79 Å². The Balaban J connectivity index is 1.91. The number of hydrogen-bond donors (Lipinski definition) is 0. The van der Waals surface area contributed by atoms with E-state index in [1.54, 1.807) is 10.9 Å². The molecule has 1 aromatic heterocycles. The van der Waals surface area contributed by atoms with Gasteiger partial charge in [-0.05, 0) is 26.2 Å². The van der Waals surface area contributed by atoms with Gasteiger partial charge < -0.3 is 4.90 Å². The Morgan fingerprint density at radius 1 is 1.19 bits per heavy atom. The van der Waals surface area contributed by atoms with Crippen LogP contribution in [0, 0.1) is 0 Å². The van der Waals surface area contributed by atoms with Crippen molar-refractivity contribution in [3.05, 3.63) is 42.2 Å². The Morgan fingerprint density at radius 2 is 1.95 bits per heavy atom. The lowest BCUT2D eigenvalue weighted by Crippen LogP contribution is -2.53. The number of piperazine rings is 1. The molecule has 1 unspecified atom stereocenters. The first kappa shape index (κ1) is 13.9. The van der Waals surface area contributed by atoms with E-state index in [2.05, 4.69) is 20.1 Å². The van der Waals surface area contributed by atoms with Crippen LogP contribution in [-0.4, -0.2) is 70.3 Å². The van der Waals surface area contributed by atoms with Crippen molar-refractivity contribution in [2.24, 2.45) is 0 Å². The number of rotatable bonds is 3. The lowest BCUT2D eigenvalue weighted by Gasteiger charge is -2.36. The topological polar surface area (TPSA) is 54.3 Å². The maximum atomic E-state index is 12.8. The molecular formula is C15H19N5O. The van der Waals surface area contributed by atoms with Crippen LogP contribution >= 0.6 is 0 Å². The molecule has 0 N–H and O–H groups in total. The van der Waals surface area contributed by atoms with Gasteiger partial charge in [0.1, 0.15) is 5.69 Å². The standard InChI is InChI=1S/C15H19N5O/c1-18-8-9-19(2)14(11-18)15(21)13-10-16-17-20(13)12-6-4-3-5-7-12/h3-7,10,14H,8-9,11H2,1-2H3. The van der Waals surface area contributed by atoms with Gasteiger partial charge in [0, 0.05) is 19.6 Å². The normalized spacial score (nSPS) is 20.6. The van der Waals surface area contributed by atoms with Crippen molar-refractivity contribution < 1.29 is 4.79 Å². The minimum absolute atomic E-state index is 0.0675. The summed E-state index contributed by atoms with van der Waals surface area (Å²) in [6.45, 7) is 2.60. The van der Waals surface area contributed by atoms with Crippen LogP contribution < -0.4 is 0 Å². The average molecular weight is 285 g/mol. The third kappa shape index (κ3) is 2.72. The van der Waals surface area contributed by atoms with Gasteiger partial charge in [0.2, 0.25) is 5.78 Å². The van der Waals surface area contributed by atoms with Gasteiger partial charge in [0.05, 0.1) is 17.9 Å². The zero-order valence-electron chi connectivity index (χ0n) is 12.3. The third-order valence-corrected chi connectivity index (χ3v) is 3.96. The number of carbonyl (C=O) groups is 1. The Bertz CT molecular complexity index is 624. The molecule has 1 saturated heterocycles. The zero-order valence-corrected chi connectivity index (χ0v) is 12.3. The summed E-state index contributed by atoms with van der Waals surface area (Å²) < 4.78 is 1.62. The smallest absolute Gasteiger partial charge is 0.201 e. The number of carbonyl (C=O) groups excluding carboxylic acids is 1. The molecule has 1 aromatic carbocycles. The fourth-order valence-corrected chi connectivity index (χ4v) is 2.63. The molecule has 0 aliphatic carbocycles. The van der Waals surface area contributed by atoms with Crippen molar-refractivity contribution in [3.63, 3.8) is 0 Å². The number of ketones is 1. The second-order valence-electron chi connectivity index (χ2n) is 5.49. The fourth-order valence-electron chi connectivity index (χ4n) is 2.63. The third-order valence-electron chi connectivity index (χ3n) is 3.96. The summed E-state index contributed by atoms with van der Waals surface area (Å²) in [5.41, 5.74) is 1.39. The van der Waals surface area contributed by atoms with E-state index >= 15 is 0 Å². The van der Waals surface area contributed by atoms with Crippen LogP contribution in [0.2, 0.25) is 0 Å². The van der Waals surface area contributed by atoms with Gasteiger partial charge >= 0.3 is 0 Å². The molecule has 0 spiro atoms. The van der Waals surface area contributed by atoms with Gasteiger partial charge in [-0.2, -0.15) is 0 Å². The average Bonchev–Trinajstić information content (AvgIpc) is 2.99. The van der Waals surface area contributed by atoms with Gasteiger partial charge in [-0.15, -0.1) is 5.10 Å². The van der Waals surface area contributed by atoms with Gasteiger partial charge in [0.15, 0.2) is 0 Å². The minimum Gasteiger partial charge on any atom is -0.303 e. The summed E-state index contributed by atoms with van der Waals surface area (Å²) in [6, 6.07) is 9.47. The van der Waals surface area contributed by atoms with Crippen LogP contribution in [0.5, 0.6) is 0 Å². The second kappa shape index (κ2) is 5.75. The van der Waals surface area contributed by atoms with Gasteiger partial charge in [0.25, 0.3) is 0 Å². The SMILES string of the molecule is CN1CCN(C)C(C(=O)c2cnnn2-c2ccccc2)C1. The van der Waals surface area contributed by atoms with Crippen molar-refractivity contribution in [3.8, 4) is 5.69 Å². The van der Waals surface area contributed by atoms with E-state index < -0.39 is 0 Å². The molecule has 1 aliphatic rings. The Labute approximate surface area is 124 Å². The number of benzene rings is 1. The molecule has 0 bridgehead atoms. The predicted molar refractivity (Wildman–Crippen MR) is 79.6 cm³/mol. The highest BCUT2D eigenvalue weighted by atomic mass is 16.1. The molecule has 21 heavy (non-hydrogen) atoms. The first-order chi connectivity index (χ1) is 10.2. The van der Waals surface area contributed by atoms with Crippen LogP contribution in [0.4, 0.5) is 0 Å². The van der Waals surface area contributed by atoms with E-state index in [-0.39, 0.29) is 11.8 Å². The summed E-state index contributed by atoms with van der Waals surface area (Å²) in [5.74, 6) is 0.0675. The van der Waals surface area contributed by atoms with Gasteiger partial charge in [-0.25, -0.2) is 4.68 Å². The summed E-state index contributed by atoms with van der Waals surface area (Å²) >= 11 is 0. The monoisotopic (exact) mass is 285 g/mol. The number of nitrogens with zero attached hydrogens (tertiary/aromatic N) is 5. The molecule has 2 aromatic rings. The van der Waals surface area contributed by atoms with Crippen LogP contribution in [-0.2, 0) is 0 Å². The highest BCUT2D eigenvalue weighted by Crippen LogP contribution is 2.15. The van der Waals surface area contributed by atoms with Crippen molar-refractivity contribution in [1.29, 1.82) is 0 Å². The molecule has 110 valence electrons. The van der Waals surface area contributed by atoms with Crippen LogP contribution in [0.25, 0.3) is 5.69 Å². The van der Waals surface area contributed by atoms with Crippen molar-refractivity contribution >= 4 is 5.78 Å². The van der Waals surface area contributed by atoms with Gasteiger partial charge in [-0.3, -0.25) is 9.69 Å². The lowest BCUT2D eigenvalue weighted by molar-refractivity contribution is 0.0678. The molecule has 2 heterocycles. The van der Waals surface area contributed by atoms with E-state index in [1.807, 2.05) is 44.4 Å². The van der Waals surface area contributed by atoms with E-state index in [0.29, 0.717) is 5.69 Å². The molecule has 1 aliphatic heterocycles. The number of para-hydroxylation sites is 1. The van der Waals surface area contributed by atoms with Crippen molar-refractivity contribution in [2.45, 2.75) is 6.04 Å². The number of likely N-dealkylation sites (N-methyl/N-ethyl adjacent to an activating group) is 2. The number of hydrogen-bond acceptors (Lipinski definition) is 5. The second-order valence-corrected chi connectivity index (χ2v) is 5.49. The summed E-state index contributed by atoms with van der Waals surface area (Å²) in [7, 11) is 4.03. The highest BCUT2D eigenvalue weighted by molar-refractivity contribution is 5.99. The molecule has 3 rings (SSSR count). The summed E-state index contributed by atoms with van der Waals surface area (Å²) in [5, 5.41) is 7.98. The molecule has 6 nitrogen and oxygen atoms in total. The largest absolute Gasteiger partial charge is 0.303 e. The quantitative estimate of drug-likeness (QED) is 0.777. The molecule has 0 radical (unpaired) electrons. The molecule has 0 saturated carbocycles. The minimum atomic E-state index is -0.148. The summed E-state index contributed by atoms with van der Waals surface area (Å²) in [6.07, 6.45) is 1.55. The van der Waals surface area contributed by atoms with E-state index in [1.165, 1.54) is 0 Å². The van der Waals surface area contributed by atoms with Crippen molar-refractivity contribution in [2.75, 3.05) is 33.7 Å². The molecule has 6 heteroatoms. The maximum absolute atomic E-state index is 12.8. The Morgan fingerprint density at radius 3 is 2.71 bits per heavy atom. The van der Waals surface area contributed by atoms with Crippen molar-refractivity contribution in [1.82, 2.24) is 24.8 Å². The fraction of sp³-hybridized carbons (Fsp3) is 0.400. The first-order valence-electron chi connectivity index (χ1n) is 7.06. The lowest BCUT2D eigenvalue weighted by atomic mass is 10.1. The number of aromatic nitrogens is 3. The van der Waals surface area contributed by atoms with Gasteiger partial charge in [-0.1, -0.05) is 23.4 Å².